The van der Waals surface area contributed by atoms with Gasteiger partial charge in [0, 0.05) is 24.7 Å². The number of likely N-dealkylation sites (tertiary alicyclic amines) is 1. The largest absolute Gasteiger partial charge is 0.493 e. The van der Waals surface area contributed by atoms with E-state index < -0.39 is 0 Å². The predicted molar refractivity (Wildman–Crippen MR) is 93.7 cm³/mol. The van der Waals surface area contributed by atoms with Crippen molar-refractivity contribution in [1.82, 2.24) is 10.1 Å². The van der Waals surface area contributed by atoms with Crippen molar-refractivity contribution >= 4 is 5.91 Å². The molecule has 1 amide bonds. The quantitative estimate of drug-likeness (QED) is 0.833. The molecule has 0 saturated carbocycles. The van der Waals surface area contributed by atoms with Gasteiger partial charge in [-0.25, -0.2) is 0 Å². The molecule has 1 aliphatic rings. The summed E-state index contributed by atoms with van der Waals surface area (Å²) in [5.41, 5.74) is 1.48. The van der Waals surface area contributed by atoms with Gasteiger partial charge in [-0.3, -0.25) is 4.79 Å². The zero-order valence-electron chi connectivity index (χ0n) is 14.9. The molecule has 1 aromatic heterocycles. The van der Waals surface area contributed by atoms with Crippen molar-refractivity contribution in [3.05, 3.63) is 30.0 Å². The molecular formula is C19H24N2O4. The number of piperidine rings is 1. The summed E-state index contributed by atoms with van der Waals surface area (Å²) >= 11 is 0. The SMILES string of the molecule is COc1ccc(-c2cc(CC(=O)N3CCC(C)CC3)no2)cc1OC. The molecule has 0 N–H and O–H groups in total. The molecule has 1 aromatic carbocycles. The van der Waals surface area contributed by atoms with Crippen LogP contribution in [-0.4, -0.2) is 43.3 Å². The van der Waals surface area contributed by atoms with Gasteiger partial charge in [-0.2, -0.15) is 0 Å². The van der Waals surface area contributed by atoms with Crippen LogP contribution in [0.15, 0.2) is 28.8 Å². The van der Waals surface area contributed by atoms with E-state index in [1.54, 1.807) is 14.2 Å². The molecule has 2 aromatic rings. The van der Waals surface area contributed by atoms with Gasteiger partial charge >= 0.3 is 0 Å². The fraction of sp³-hybridized carbons (Fsp3) is 0.474. The van der Waals surface area contributed by atoms with Gasteiger partial charge in [-0.15, -0.1) is 0 Å². The minimum absolute atomic E-state index is 0.110. The van der Waals surface area contributed by atoms with Gasteiger partial charge in [0.2, 0.25) is 5.91 Å². The summed E-state index contributed by atoms with van der Waals surface area (Å²) in [6.07, 6.45) is 2.41. The topological polar surface area (TPSA) is 64.8 Å². The van der Waals surface area contributed by atoms with Crippen molar-refractivity contribution < 1.29 is 18.8 Å². The first-order valence-corrected chi connectivity index (χ1v) is 8.56. The number of benzene rings is 1. The highest BCUT2D eigenvalue weighted by atomic mass is 16.5. The van der Waals surface area contributed by atoms with Crippen molar-refractivity contribution in [3.8, 4) is 22.8 Å². The van der Waals surface area contributed by atoms with Crippen LogP contribution in [0.2, 0.25) is 0 Å². The van der Waals surface area contributed by atoms with E-state index in [0.29, 0.717) is 28.9 Å². The summed E-state index contributed by atoms with van der Waals surface area (Å²) < 4.78 is 16.0. The first-order chi connectivity index (χ1) is 12.1. The summed E-state index contributed by atoms with van der Waals surface area (Å²) in [6.45, 7) is 3.90. The lowest BCUT2D eigenvalue weighted by Gasteiger charge is -2.30. The smallest absolute Gasteiger partial charge is 0.228 e. The first-order valence-electron chi connectivity index (χ1n) is 8.56. The van der Waals surface area contributed by atoms with Crippen LogP contribution in [0, 0.1) is 5.92 Å². The monoisotopic (exact) mass is 344 g/mol. The molecule has 1 saturated heterocycles. The molecule has 0 aliphatic carbocycles. The van der Waals surface area contributed by atoms with Crippen LogP contribution < -0.4 is 9.47 Å². The first kappa shape index (κ1) is 17.3. The molecule has 1 aliphatic heterocycles. The fourth-order valence-corrected chi connectivity index (χ4v) is 3.05. The normalized spacial score (nSPS) is 15.2. The second-order valence-corrected chi connectivity index (χ2v) is 6.49. The zero-order valence-corrected chi connectivity index (χ0v) is 14.9. The summed E-state index contributed by atoms with van der Waals surface area (Å²) in [5.74, 6) is 2.69. The second-order valence-electron chi connectivity index (χ2n) is 6.49. The summed E-state index contributed by atoms with van der Waals surface area (Å²) in [6, 6.07) is 7.33. The molecule has 3 rings (SSSR count). The van der Waals surface area contributed by atoms with Gasteiger partial charge < -0.3 is 18.9 Å². The number of carbonyl (C=O) groups is 1. The molecule has 0 bridgehead atoms. The maximum atomic E-state index is 12.4. The number of carbonyl (C=O) groups excluding carboxylic acids is 1. The van der Waals surface area contributed by atoms with E-state index >= 15 is 0 Å². The maximum absolute atomic E-state index is 12.4. The summed E-state index contributed by atoms with van der Waals surface area (Å²) in [5, 5.41) is 4.05. The Labute approximate surface area is 147 Å². The van der Waals surface area contributed by atoms with Crippen molar-refractivity contribution in [2.75, 3.05) is 27.3 Å². The molecule has 1 fully saturated rings. The number of amides is 1. The number of rotatable bonds is 5. The lowest BCUT2D eigenvalue weighted by Crippen LogP contribution is -2.38. The zero-order chi connectivity index (χ0) is 17.8. The van der Waals surface area contributed by atoms with Crippen molar-refractivity contribution in [2.45, 2.75) is 26.2 Å². The molecule has 134 valence electrons. The highest BCUT2D eigenvalue weighted by Gasteiger charge is 2.21. The van der Waals surface area contributed by atoms with E-state index in [1.807, 2.05) is 29.2 Å². The highest BCUT2D eigenvalue weighted by Crippen LogP contribution is 2.32. The lowest BCUT2D eigenvalue weighted by molar-refractivity contribution is -0.131. The molecule has 6 heteroatoms. The average molecular weight is 344 g/mol. The number of ether oxygens (including phenoxy) is 2. The Balaban J connectivity index is 1.69. The van der Waals surface area contributed by atoms with Gasteiger partial charge in [-0.05, 0) is 37.0 Å². The third-order valence-corrected chi connectivity index (χ3v) is 4.70. The minimum Gasteiger partial charge on any atom is -0.493 e. The third-order valence-electron chi connectivity index (χ3n) is 4.70. The Kier molecular flexibility index (Phi) is 5.26. The highest BCUT2D eigenvalue weighted by molar-refractivity contribution is 5.78. The molecule has 0 unspecified atom stereocenters. The van der Waals surface area contributed by atoms with Crippen LogP contribution in [0.3, 0.4) is 0 Å². The molecule has 2 heterocycles. The number of aromatic nitrogens is 1. The standard InChI is InChI=1S/C19H24N2O4/c1-13-6-8-21(9-7-13)19(22)12-15-11-17(25-20-15)14-4-5-16(23-2)18(10-14)24-3/h4-5,10-11,13H,6-9,12H2,1-3H3. The molecule has 0 atom stereocenters. The Morgan fingerprint density at radius 3 is 2.60 bits per heavy atom. The van der Waals surface area contributed by atoms with Gasteiger partial charge in [0.1, 0.15) is 0 Å². The van der Waals surface area contributed by atoms with Crippen molar-refractivity contribution in [1.29, 1.82) is 0 Å². The van der Waals surface area contributed by atoms with E-state index in [1.165, 1.54) is 0 Å². The predicted octanol–water partition coefficient (Wildman–Crippen LogP) is 3.16. The van der Waals surface area contributed by atoms with Crippen LogP contribution in [0.5, 0.6) is 11.5 Å². The molecular weight excluding hydrogens is 320 g/mol. The van der Waals surface area contributed by atoms with Crippen LogP contribution >= 0.6 is 0 Å². The van der Waals surface area contributed by atoms with Crippen LogP contribution in [0.4, 0.5) is 0 Å². The number of hydrogen-bond acceptors (Lipinski definition) is 5. The van der Waals surface area contributed by atoms with Gasteiger partial charge in [0.05, 0.1) is 26.3 Å². The van der Waals surface area contributed by atoms with Gasteiger partial charge in [0.25, 0.3) is 0 Å². The number of methoxy groups -OCH3 is 2. The van der Waals surface area contributed by atoms with Gasteiger partial charge in [0.15, 0.2) is 17.3 Å². The Bertz CT molecular complexity index is 733. The minimum atomic E-state index is 0.110. The van der Waals surface area contributed by atoms with Crippen LogP contribution in [-0.2, 0) is 11.2 Å². The Morgan fingerprint density at radius 1 is 1.20 bits per heavy atom. The third kappa shape index (κ3) is 3.95. The van der Waals surface area contributed by atoms with Crippen molar-refractivity contribution in [3.63, 3.8) is 0 Å². The average Bonchev–Trinajstić information content (AvgIpc) is 3.10. The van der Waals surface area contributed by atoms with Crippen LogP contribution in [0.1, 0.15) is 25.5 Å². The van der Waals surface area contributed by atoms with E-state index in [2.05, 4.69) is 12.1 Å². The number of hydrogen-bond donors (Lipinski definition) is 0. The van der Waals surface area contributed by atoms with E-state index in [4.69, 9.17) is 14.0 Å². The van der Waals surface area contributed by atoms with E-state index in [-0.39, 0.29) is 12.3 Å². The molecule has 6 nitrogen and oxygen atoms in total. The molecule has 0 spiro atoms. The lowest BCUT2D eigenvalue weighted by atomic mass is 9.99. The second kappa shape index (κ2) is 7.59. The summed E-state index contributed by atoms with van der Waals surface area (Å²) in [7, 11) is 3.18. The van der Waals surface area contributed by atoms with Gasteiger partial charge in [-0.1, -0.05) is 12.1 Å². The fourth-order valence-electron chi connectivity index (χ4n) is 3.05. The Hall–Kier alpha value is -2.50. The molecule has 0 radical (unpaired) electrons. The summed E-state index contributed by atoms with van der Waals surface area (Å²) in [4.78, 5) is 14.3. The maximum Gasteiger partial charge on any atom is 0.228 e. The van der Waals surface area contributed by atoms with Crippen LogP contribution in [0.25, 0.3) is 11.3 Å². The Morgan fingerprint density at radius 2 is 1.92 bits per heavy atom. The number of nitrogens with zero attached hydrogens (tertiary/aromatic N) is 2. The molecule has 25 heavy (non-hydrogen) atoms. The van der Waals surface area contributed by atoms with E-state index in [9.17, 15) is 4.79 Å². The van der Waals surface area contributed by atoms with E-state index in [0.717, 1.165) is 31.5 Å². The van der Waals surface area contributed by atoms with Crippen molar-refractivity contribution in [2.24, 2.45) is 5.92 Å².